The number of hydrogen-bond donors (Lipinski definition) is 3. The summed E-state index contributed by atoms with van der Waals surface area (Å²) in [6.45, 7) is 1.33. The second-order valence-corrected chi connectivity index (χ2v) is 6.10. The summed E-state index contributed by atoms with van der Waals surface area (Å²) in [6.07, 6.45) is 1.57. The van der Waals surface area contributed by atoms with Crippen LogP contribution in [-0.2, 0) is 14.4 Å². The number of ketones is 1. The number of amides is 3. The molecule has 0 saturated carbocycles. The fourth-order valence-electron chi connectivity index (χ4n) is 2.57. The Balaban J connectivity index is 2.28. The fourth-order valence-corrected chi connectivity index (χ4v) is 2.57. The lowest BCUT2D eigenvalue weighted by Crippen LogP contribution is -2.45. The number of hydrogen-bond acceptors (Lipinski definition) is 5. The second-order valence-electron chi connectivity index (χ2n) is 6.10. The van der Waals surface area contributed by atoms with Crippen molar-refractivity contribution in [2.75, 3.05) is 19.0 Å². The number of Topliss-reactive ketones (excluding diaryl/α,β-unsaturated/α-hetero) is 1. The number of nitrogens with one attached hydrogen (secondary N) is 3. The molecule has 1 aromatic rings. The third-order valence-electron chi connectivity index (χ3n) is 4.06. The van der Waals surface area contributed by atoms with E-state index in [0.29, 0.717) is 29.8 Å². The molecule has 1 aliphatic heterocycles. The van der Waals surface area contributed by atoms with Crippen molar-refractivity contribution < 1.29 is 23.9 Å². The van der Waals surface area contributed by atoms with Crippen LogP contribution in [0.25, 0.3) is 0 Å². The van der Waals surface area contributed by atoms with Gasteiger partial charge in [-0.15, -0.1) is 0 Å². The lowest BCUT2D eigenvalue weighted by Gasteiger charge is -2.16. The first kappa shape index (κ1) is 19.4. The molecule has 1 aromatic carbocycles. The topological polar surface area (TPSA) is 114 Å². The van der Waals surface area contributed by atoms with Crippen molar-refractivity contribution in [3.05, 3.63) is 23.8 Å². The van der Waals surface area contributed by atoms with Gasteiger partial charge in [-0.2, -0.15) is 0 Å². The third kappa shape index (κ3) is 5.30. The molecule has 2 rings (SSSR count). The molecule has 0 fully saturated rings. The van der Waals surface area contributed by atoms with Gasteiger partial charge in [0.15, 0.2) is 5.78 Å². The predicted molar refractivity (Wildman–Crippen MR) is 95.0 cm³/mol. The molecular formula is C18H23N3O5. The van der Waals surface area contributed by atoms with E-state index in [0.717, 1.165) is 0 Å². The van der Waals surface area contributed by atoms with Gasteiger partial charge in [-0.25, -0.2) is 0 Å². The Hall–Kier alpha value is -2.90. The standard InChI is InChI=1S/C18H23N3O5/c1-11-18(25)21-14-9-12(26-2)7-8-13(14)15(22)5-3-4-6-16(23)19-10-17(24)20-11/h7-9,11H,3-6,10H2,1-2H3,(H,19,23)(H,20,24)(H,21,25)/t11-/m1/s1. The van der Waals surface area contributed by atoms with Crippen LogP contribution in [0.4, 0.5) is 5.69 Å². The highest BCUT2D eigenvalue weighted by Gasteiger charge is 2.20. The summed E-state index contributed by atoms with van der Waals surface area (Å²) in [5.74, 6) is -0.819. The van der Waals surface area contributed by atoms with Gasteiger partial charge in [-0.1, -0.05) is 0 Å². The molecule has 140 valence electrons. The van der Waals surface area contributed by atoms with Crippen molar-refractivity contribution in [2.45, 2.75) is 38.6 Å². The first-order valence-corrected chi connectivity index (χ1v) is 8.49. The summed E-state index contributed by atoms with van der Waals surface area (Å²) in [7, 11) is 1.49. The van der Waals surface area contributed by atoms with Crippen molar-refractivity contribution in [3.63, 3.8) is 0 Å². The molecule has 3 amide bonds. The zero-order valence-corrected chi connectivity index (χ0v) is 14.9. The molecule has 1 atom stereocenters. The van der Waals surface area contributed by atoms with E-state index in [1.807, 2.05) is 0 Å². The largest absolute Gasteiger partial charge is 0.497 e. The van der Waals surface area contributed by atoms with Crippen LogP contribution in [0.2, 0.25) is 0 Å². The minimum Gasteiger partial charge on any atom is -0.497 e. The Morgan fingerprint density at radius 1 is 1.04 bits per heavy atom. The van der Waals surface area contributed by atoms with Crippen molar-refractivity contribution in [2.24, 2.45) is 0 Å². The number of ether oxygens (including phenoxy) is 1. The lowest BCUT2D eigenvalue weighted by molar-refractivity contribution is -0.128. The molecule has 0 bridgehead atoms. The van der Waals surface area contributed by atoms with Crippen LogP contribution in [-0.4, -0.2) is 43.2 Å². The first-order valence-electron chi connectivity index (χ1n) is 8.49. The van der Waals surface area contributed by atoms with E-state index in [9.17, 15) is 19.2 Å². The monoisotopic (exact) mass is 361 g/mol. The maximum absolute atomic E-state index is 12.5. The van der Waals surface area contributed by atoms with Gasteiger partial charge in [0.2, 0.25) is 17.7 Å². The van der Waals surface area contributed by atoms with E-state index in [2.05, 4.69) is 16.0 Å². The highest BCUT2D eigenvalue weighted by atomic mass is 16.5. The molecule has 26 heavy (non-hydrogen) atoms. The average molecular weight is 361 g/mol. The molecule has 1 aliphatic rings. The van der Waals surface area contributed by atoms with Crippen LogP contribution in [0, 0.1) is 0 Å². The SMILES string of the molecule is COc1ccc2c(c1)NC(=O)[C@@H](C)NC(=O)CNC(=O)CCCCC2=O. The zero-order chi connectivity index (χ0) is 19.1. The number of methoxy groups -OCH3 is 1. The first-order chi connectivity index (χ1) is 12.4. The second kappa shape index (κ2) is 8.98. The van der Waals surface area contributed by atoms with Crippen LogP contribution < -0.4 is 20.7 Å². The molecule has 0 unspecified atom stereocenters. The van der Waals surface area contributed by atoms with Gasteiger partial charge in [-0.3, -0.25) is 19.2 Å². The Kier molecular flexibility index (Phi) is 6.71. The summed E-state index contributed by atoms with van der Waals surface area (Å²) in [4.78, 5) is 48.4. The molecule has 1 heterocycles. The van der Waals surface area contributed by atoms with E-state index in [4.69, 9.17) is 4.74 Å². The molecular weight excluding hydrogens is 338 g/mol. The quantitative estimate of drug-likeness (QED) is 0.691. The van der Waals surface area contributed by atoms with E-state index >= 15 is 0 Å². The molecule has 0 aromatic heterocycles. The van der Waals surface area contributed by atoms with E-state index in [-0.39, 0.29) is 31.1 Å². The molecule has 0 spiro atoms. The average Bonchev–Trinajstić information content (AvgIpc) is 2.62. The number of benzene rings is 1. The van der Waals surface area contributed by atoms with Crippen molar-refractivity contribution in [1.29, 1.82) is 0 Å². The Labute approximate surface area is 151 Å². The number of anilines is 1. The maximum atomic E-state index is 12.5. The summed E-state index contributed by atoms with van der Waals surface area (Å²) in [5.41, 5.74) is 0.710. The van der Waals surface area contributed by atoms with Gasteiger partial charge in [0, 0.05) is 24.5 Å². The Morgan fingerprint density at radius 3 is 2.50 bits per heavy atom. The van der Waals surface area contributed by atoms with Gasteiger partial charge >= 0.3 is 0 Å². The molecule has 3 N–H and O–H groups in total. The van der Waals surface area contributed by atoms with Gasteiger partial charge in [0.05, 0.1) is 19.3 Å². The molecule has 8 heteroatoms. The van der Waals surface area contributed by atoms with Crippen LogP contribution in [0.5, 0.6) is 5.75 Å². The maximum Gasteiger partial charge on any atom is 0.246 e. The van der Waals surface area contributed by atoms with Crippen LogP contribution in [0.15, 0.2) is 18.2 Å². The zero-order valence-electron chi connectivity index (χ0n) is 14.9. The minimum absolute atomic E-state index is 0.130. The number of rotatable bonds is 1. The Bertz CT molecular complexity index is 717. The van der Waals surface area contributed by atoms with Gasteiger partial charge in [-0.05, 0) is 31.9 Å². The normalized spacial score (nSPS) is 20.0. The minimum atomic E-state index is -0.835. The molecule has 0 aliphatic carbocycles. The predicted octanol–water partition coefficient (Wildman–Crippen LogP) is 1.01. The molecule has 0 saturated heterocycles. The van der Waals surface area contributed by atoms with Gasteiger partial charge in [0.25, 0.3) is 0 Å². The highest BCUT2D eigenvalue weighted by molar-refractivity contribution is 6.06. The third-order valence-corrected chi connectivity index (χ3v) is 4.06. The summed E-state index contributed by atoms with van der Waals surface area (Å²) >= 11 is 0. The van der Waals surface area contributed by atoms with E-state index < -0.39 is 17.9 Å². The number of carbonyl (C=O) groups is 4. The highest BCUT2D eigenvalue weighted by Crippen LogP contribution is 2.25. The molecule has 0 radical (unpaired) electrons. The number of fused-ring (bicyclic) bond motifs is 1. The summed E-state index contributed by atoms with van der Waals surface area (Å²) in [5, 5.41) is 7.68. The fraction of sp³-hybridized carbons (Fsp3) is 0.444. The van der Waals surface area contributed by atoms with Crippen LogP contribution in [0.1, 0.15) is 43.0 Å². The Morgan fingerprint density at radius 2 is 1.77 bits per heavy atom. The molecule has 8 nitrogen and oxygen atoms in total. The summed E-state index contributed by atoms with van der Waals surface area (Å²) < 4.78 is 5.15. The van der Waals surface area contributed by atoms with Gasteiger partial charge in [0.1, 0.15) is 11.8 Å². The van der Waals surface area contributed by atoms with Crippen molar-refractivity contribution in [3.8, 4) is 5.75 Å². The van der Waals surface area contributed by atoms with Crippen molar-refractivity contribution in [1.82, 2.24) is 10.6 Å². The van der Waals surface area contributed by atoms with E-state index in [1.54, 1.807) is 18.2 Å². The van der Waals surface area contributed by atoms with Crippen LogP contribution >= 0.6 is 0 Å². The lowest BCUT2D eigenvalue weighted by atomic mass is 10.0. The van der Waals surface area contributed by atoms with E-state index in [1.165, 1.54) is 14.0 Å². The smallest absolute Gasteiger partial charge is 0.246 e. The van der Waals surface area contributed by atoms with Crippen molar-refractivity contribution >= 4 is 29.2 Å². The van der Waals surface area contributed by atoms with Gasteiger partial charge < -0.3 is 20.7 Å². The van der Waals surface area contributed by atoms with Crippen LogP contribution in [0.3, 0.4) is 0 Å². The summed E-state index contributed by atoms with van der Waals surface area (Å²) in [6, 6.07) is 3.99. The number of carbonyl (C=O) groups excluding carboxylic acids is 4.